The Hall–Kier alpha value is -1.22. The van der Waals surface area contributed by atoms with E-state index in [-0.39, 0.29) is 24.0 Å². The van der Waals surface area contributed by atoms with Crippen LogP contribution in [0.1, 0.15) is 26.2 Å². The maximum Gasteiger partial charge on any atom is 0.195 e. The third-order valence-electron chi connectivity index (χ3n) is 4.36. The molecule has 0 bridgehead atoms. The first-order valence-corrected chi connectivity index (χ1v) is 8.42. The molecule has 0 radical (unpaired) electrons. The standard InChI is InChI=1S/C18H29N3O3.HI/c1-5-19-17(20-13-18(8-9-18)10-11-22-2)21-14-6-7-15(23-3)16(12-14)24-4;/h6-7,12H,5,8-11,13H2,1-4H3,(H2,19,20,21);1H. The Morgan fingerprint density at radius 1 is 1.16 bits per heavy atom. The van der Waals surface area contributed by atoms with Crippen molar-refractivity contribution in [2.75, 3.05) is 46.3 Å². The first kappa shape index (κ1) is 21.8. The average molecular weight is 463 g/mol. The van der Waals surface area contributed by atoms with Crippen molar-refractivity contribution in [3.8, 4) is 11.5 Å². The highest BCUT2D eigenvalue weighted by molar-refractivity contribution is 14.0. The molecule has 0 atom stereocenters. The van der Waals surface area contributed by atoms with Crippen molar-refractivity contribution in [2.24, 2.45) is 10.4 Å². The number of hydrogen-bond donors (Lipinski definition) is 2. The molecule has 142 valence electrons. The number of rotatable bonds is 9. The van der Waals surface area contributed by atoms with Gasteiger partial charge in [0, 0.05) is 38.6 Å². The summed E-state index contributed by atoms with van der Waals surface area (Å²) in [5.41, 5.74) is 1.24. The lowest BCUT2D eigenvalue weighted by Gasteiger charge is -2.16. The highest BCUT2D eigenvalue weighted by Gasteiger charge is 2.41. The van der Waals surface area contributed by atoms with E-state index in [1.165, 1.54) is 12.8 Å². The third kappa shape index (κ3) is 6.54. The number of nitrogens with one attached hydrogen (secondary N) is 2. The molecule has 0 aliphatic heterocycles. The van der Waals surface area contributed by atoms with E-state index in [9.17, 15) is 0 Å². The molecule has 25 heavy (non-hydrogen) atoms. The molecule has 0 unspecified atom stereocenters. The van der Waals surface area contributed by atoms with Crippen molar-refractivity contribution >= 4 is 35.6 Å². The summed E-state index contributed by atoms with van der Waals surface area (Å²) in [5, 5.41) is 6.62. The van der Waals surface area contributed by atoms with Crippen LogP contribution in [-0.2, 0) is 4.74 Å². The molecule has 1 aromatic carbocycles. The zero-order chi connectivity index (χ0) is 17.4. The van der Waals surface area contributed by atoms with Gasteiger partial charge in [0.25, 0.3) is 0 Å². The SMILES string of the molecule is CCNC(=NCC1(CCOC)CC1)Nc1ccc(OC)c(OC)c1.I. The fourth-order valence-corrected chi connectivity index (χ4v) is 2.59. The zero-order valence-electron chi connectivity index (χ0n) is 15.6. The molecule has 1 aliphatic rings. The Morgan fingerprint density at radius 2 is 1.88 bits per heavy atom. The number of methoxy groups -OCH3 is 3. The third-order valence-corrected chi connectivity index (χ3v) is 4.36. The maximum atomic E-state index is 5.35. The van der Waals surface area contributed by atoms with E-state index in [1.807, 2.05) is 18.2 Å². The number of aliphatic imine (C=N–C) groups is 1. The van der Waals surface area contributed by atoms with Crippen molar-refractivity contribution in [2.45, 2.75) is 26.2 Å². The molecule has 1 aromatic rings. The molecule has 0 saturated heterocycles. The predicted molar refractivity (Wildman–Crippen MR) is 113 cm³/mol. The van der Waals surface area contributed by atoms with Gasteiger partial charge in [0.2, 0.25) is 0 Å². The van der Waals surface area contributed by atoms with Crippen LogP contribution < -0.4 is 20.1 Å². The van der Waals surface area contributed by atoms with Gasteiger partial charge in [-0.25, -0.2) is 0 Å². The molecule has 0 amide bonds. The van der Waals surface area contributed by atoms with Crippen molar-refractivity contribution in [3.05, 3.63) is 18.2 Å². The molecule has 7 heteroatoms. The second-order valence-electron chi connectivity index (χ2n) is 6.13. The second kappa shape index (κ2) is 10.7. The van der Waals surface area contributed by atoms with E-state index in [2.05, 4.69) is 17.6 Å². The fraction of sp³-hybridized carbons (Fsp3) is 0.611. The highest BCUT2D eigenvalue weighted by Crippen LogP contribution is 2.49. The second-order valence-corrected chi connectivity index (χ2v) is 6.13. The van der Waals surface area contributed by atoms with Gasteiger partial charge in [-0.3, -0.25) is 4.99 Å². The van der Waals surface area contributed by atoms with Gasteiger partial charge in [-0.1, -0.05) is 0 Å². The molecule has 0 aromatic heterocycles. The van der Waals surface area contributed by atoms with Crippen molar-refractivity contribution in [1.82, 2.24) is 5.32 Å². The smallest absolute Gasteiger partial charge is 0.195 e. The fourth-order valence-electron chi connectivity index (χ4n) is 2.59. The van der Waals surface area contributed by atoms with E-state index in [4.69, 9.17) is 19.2 Å². The molecule has 2 N–H and O–H groups in total. The summed E-state index contributed by atoms with van der Waals surface area (Å²) in [6.07, 6.45) is 3.54. The van der Waals surface area contributed by atoms with Gasteiger partial charge in [0.05, 0.1) is 14.2 Å². The van der Waals surface area contributed by atoms with Crippen LogP contribution in [-0.4, -0.2) is 47.0 Å². The first-order valence-electron chi connectivity index (χ1n) is 8.42. The van der Waals surface area contributed by atoms with Crippen LogP contribution in [0.4, 0.5) is 5.69 Å². The van der Waals surface area contributed by atoms with E-state index in [0.29, 0.717) is 16.9 Å². The van der Waals surface area contributed by atoms with Gasteiger partial charge in [-0.05, 0) is 43.7 Å². The quantitative estimate of drug-likeness (QED) is 0.334. The minimum Gasteiger partial charge on any atom is -0.493 e. The molecule has 0 spiro atoms. The number of halogens is 1. The molecule has 2 rings (SSSR count). The molecule has 6 nitrogen and oxygen atoms in total. The largest absolute Gasteiger partial charge is 0.493 e. The summed E-state index contributed by atoms with van der Waals surface area (Å²) in [7, 11) is 5.02. The summed E-state index contributed by atoms with van der Waals surface area (Å²) in [4.78, 5) is 4.76. The number of benzene rings is 1. The molecule has 1 saturated carbocycles. The number of guanidine groups is 1. The van der Waals surface area contributed by atoms with E-state index in [1.54, 1.807) is 21.3 Å². The lowest BCUT2D eigenvalue weighted by Crippen LogP contribution is -2.31. The Bertz CT molecular complexity index is 562. The van der Waals surface area contributed by atoms with Gasteiger partial charge < -0.3 is 24.8 Å². The van der Waals surface area contributed by atoms with Gasteiger partial charge in [-0.2, -0.15) is 0 Å². The van der Waals surface area contributed by atoms with Gasteiger partial charge in [-0.15, -0.1) is 24.0 Å². The molecule has 1 fully saturated rings. The number of ether oxygens (including phenoxy) is 3. The van der Waals surface area contributed by atoms with Crippen LogP contribution in [0.25, 0.3) is 0 Å². The lowest BCUT2D eigenvalue weighted by molar-refractivity contribution is 0.174. The number of anilines is 1. The normalized spacial score (nSPS) is 15.1. The highest BCUT2D eigenvalue weighted by atomic mass is 127. The number of hydrogen-bond acceptors (Lipinski definition) is 4. The van der Waals surface area contributed by atoms with Crippen LogP contribution in [0.3, 0.4) is 0 Å². The van der Waals surface area contributed by atoms with E-state index < -0.39 is 0 Å². The van der Waals surface area contributed by atoms with Gasteiger partial charge in [0.15, 0.2) is 17.5 Å². The van der Waals surface area contributed by atoms with Crippen LogP contribution in [0, 0.1) is 5.41 Å². The minimum atomic E-state index is 0. The van der Waals surface area contributed by atoms with Crippen molar-refractivity contribution in [1.29, 1.82) is 0 Å². The Labute approximate surface area is 167 Å². The van der Waals surface area contributed by atoms with Crippen molar-refractivity contribution in [3.63, 3.8) is 0 Å². The van der Waals surface area contributed by atoms with E-state index >= 15 is 0 Å². The van der Waals surface area contributed by atoms with Crippen LogP contribution in [0.15, 0.2) is 23.2 Å². The molecular weight excluding hydrogens is 433 g/mol. The first-order chi connectivity index (χ1) is 11.7. The Kier molecular flexibility index (Phi) is 9.34. The maximum absolute atomic E-state index is 5.35. The topological polar surface area (TPSA) is 64.1 Å². The minimum absolute atomic E-state index is 0. The average Bonchev–Trinajstić information content (AvgIpc) is 3.38. The molecular formula is C18H30IN3O3. The molecule has 1 aliphatic carbocycles. The monoisotopic (exact) mass is 463 g/mol. The van der Waals surface area contributed by atoms with Crippen molar-refractivity contribution < 1.29 is 14.2 Å². The summed E-state index contributed by atoms with van der Waals surface area (Å²) in [6.45, 7) is 4.49. The predicted octanol–water partition coefficient (Wildman–Crippen LogP) is 3.52. The van der Waals surface area contributed by atoms with E-state index in [0.717, 1.165) is 37.8 Å². The summed E-state index contributed by atoms with van der Waals surface area (Å²) in [5.74, 6) is 2.19. The summed E-state index contributed by atoms with van der Waals surface area (Å²) in [6, 6.07) is 5.74. The summed E-state index contributed by atoms with van der Waals surface area (Å²) < 4.78 is 15.8. The van der Waals surface area contributed by atoms with Crippen LogP contribution in [0.5, 0.6) is 11.5 Å². The Morgan fingerprint density at radius 3 is 2.44 bits per heavy atom. The van der Waals surface area contributed by atoms with Gasteiger partial charge >= 0.3 is 0 Å². The number of nitrogens with zero attached hydrogens (tertiary/aromatic N) is 1. The van der Waals surface area contributed by atoms with Gasteiger partial charge in [0.1, 0.15) is 0 Å². The van der Waals surface area contributed by atoms with Crippen LogP contribution in [0.2, 0.25) is 0 Å². The molecule has 0 heterocycles. The van der Waals surface area contributed by atoms with Crippen LogP contribution >= 0.6 is 24.0 Å². The lowest BCUT2D eigenvalue weighted by atomic mass is 10.0. The zero-order valence-corrected chi connectivity index (χ0v) is 17.9. The Balaban J connectivity index is 0.00000312. The summed E-state index contributed by atoms with van der Waals surface area (Å²) >= 11 is 0.